The Balaban J connectivity index is 1.82. The molecule has 21 heavy (non-hydrogen) atoms. The maximum atomic E-state index is 12.3. The highest BCUT2D eigenvalue weighted by molar-refractivity contribution is 5.94. The standard InChI is InChI=1S/C15H18N2O4/c18-13(16-6-1-2-7-16)10-17-8-9-21-14-11(15(19)20)4-3-5-12(14)17/h3-5H,1-2,6-10H2,(H,19,20). The molecule has 1 amide bonds. The highest BCUT2D eigenvalue weighted by atomic mass is 16.5. The van der Waals surface area contributed by atoms with Gasteiger partial charge in [0.1, 0.15) is 12.2 Å². The van der Waals surface area contributed by atoms with Crippen molar-refractivity contribution in [2.45, 2.75) is 12.8 Å². The monoisotopic (exact) mass is 290 g/mol. The minimum absolute atomic E-state index is 0.0982. The van der Waals surface area contributed by atoms with Crippen molar-refractivity contribution in [2.75, 3.05) is 37.7 Å². The maximum Gasteiger partial charge on any atom is 0.339 e. The number of aromatic carboxylic acids is 1. The number of ether oxygens (including phenoxy) is 1. The van der Waals surface area contributed by atoms with Crippen LogP contribution in [0.5, 0.6) is 5.75 Å². The van der Waals surface area contributed by atoms with Crippen LogP contribution in [0.4, 0.5) is 5.69 Å². The van der Waals surface area contributed by atoms with E-state index >= 15 is 0 Å². The molecule has 0 spiro atoms. The number of hydrogen-bond donors (Lipinski definition) is 1. The fraction of sp³-hybridized carbons (Fsp3) is 0.467. The second-order valence-electron chi connectivity index (χ2n) is 5.32. The van der Waals surface area contributed by atoms with E-state index in [-0.39, 0.29) is 18.0 Å². The van der Waals surface area contributed by atoms with E-state index in [1.165, 1.54) is 6.07 Å². The molecule has 2 aliphatic rings. The van der Waals surface area contributed by atoms with Crippen molar-refractivity contribution in [3.8, 4) is 5.75 Å². The van der Waals surface area contributed by atoms with E-state index in [1.807, 2.05) is 9.80 Å². The van der Waals surface area contributed by atoms with Crippen molar-refractivity contribution in [3.63, 3.8) is 0 Å². The van der Waals surface area contributed by atoms with Crippen molar-refractivity contribution >= 4 is 17.6 Å². The van der Waals surface area contributed by atoms with Crippen LogP contribution in [0.25, 0.3) is 0 Å². The van der Waals surface area contributed by atoms with E-state index in [0.29, 0.717) is 24.6 Å². The van der Waals surface area contributed by atoms with Gasteiger partial charge in [-0.2, -0.15) is 0 Å². The largest absolute Gasteiger partial charge is 0.489 e. The summed E-state index contributed by atoms with van der Waals surface area (Å²) in [6, 6.07) is 5.01. The average molecular weight is 290 g/mol. The summed E-state index contributed by atoms with van der Waals surface area (Å²) in [4.78, 5) is 27.3. The van der Waals surface area contributed by atoms with Gasteiger partial charge in [-0.05, 0) is 25.0 Å². The lowest BCUT2D eigenvalue weighted by Gasteiger charge is -2.32. The van der Waals surface area contributed by atoms with E-state index in [0.717, 1.165) is 25.9 Å². The minimum atomic E-state index is -1.01. The van der Waals surface area contributed by atoms with Crippen molar-refractivity contribution in [1.29, 1.82) is 0 Å². The van der Waals surface area contributed by atoms with Gasteiger partial charge in [0.2, 0.25) is 5.91 Å². The first-order chi connectivity index (χ1) is 10.2. The van der Waals surface area contributed by atoms with Crippen LogP contribution in [0.3, 0.4) is 0 Å². The van der Waals surface area contributed by atoms with Crippen LogP contribution in [0.1, 0.15) is 23.2 Å². The highest BCUT2D eigenvalue weighted by Crippen LogP contribution is 2.34. The smallest absolute Gasteiger partial charge is 0.339 e. The molecule has 3 rings (SSSR count). The van der Waals surface area contributed by atoms with Gasteiger partial charge in [0, 0.05) is 13.1 Å². The van der Waals surface area contributed by atoms with Crippen LogP contribution in [0.2, 0.25) is 0 Å². The summed E-state index contributed by atoms with van der Waals surface area (Å²) in [5.74, 6) is -0.550. The van der Waals surface area contributed by atoms with Crippen molar-refractivity contribution in [2.24, 2.45) is 0 Å². The third-order valence-electron chi connectivity index (χ3n) is 3.96. The number of fused-ring (bicyclic) bond motifs is 1. The van der Waals surface area contributed by atoms with E-state index < -0.39 is 5.97 Å². The van der Waals surface area contributed by atoms with Gasteiger partial charge in [-0.1, -0.05) is 6.07 Å². The lowest BCUT2D eigenvalue weighted by atomic mass is 10.1. The molecule has 0 unspecified atom stereocenters. The topological polar surface area (TPSA) is 70.1 Å². The quantitative estimate of drug-likeness (QED) is 0.906. The zero-order valence-electron chi connectivity index (χ0n) is 11.7. The molecule has 112 valence electrons. The van der Waals surface area contributed by atoms with Gasteiger partial charge < -0.3 is 19.6 Å². The molecule has 0 bridgehead atoms. The Morgan fingerprint density at radius 1 is 1.19 bits per heavy atom. The lowest BCUT2D eigenvalue weighted by molar-refractivity contribution is -0.128. The molecule has 1 saturated heterocycles. The Hall–Kier alpha value is -2.24. The molecule has 0 atom stereocenters. The molecule has 1 fully saturated rings. The summed E-state index contributed by atoms with van der Waals surface area (Å²) < 4.78 is 5.51. The van der Waals surface area contributed by atoms with Crippen LogP contribution < -0.4 is 9.64 Å². The normalized spacial score (nSPS) is 17.3. The molecule has 6 heteroatoms. The molecular formula is C15H18N2O4. The SMILES string of the molecule is O=C(O)c1cccc2c1OCCN2CC(=O)N1CCCC1. The first kappa shape index (κ1) is 13.7. The average Bonchev–Trinajstić information content (AvgIpc) is 3.01. The molecule has 2 heterocycles. The zero-order chi connectivity index (χ0) is 14.8. The number of carboxylic acids is 1. The molecule has 2 aliphatic heterocycles. The van der Waals surface area contributed by atoms with Crippen LogP contribution in [-0.4, -0.2) is 54.7 Å². The maximum absolute atomic E-state index is 12.3. The summed E-state index contributed by atoms with van der Waals surface area (Å²) in [7, 11) is 0. The second-order valence-corrected chi connectivity index (χ2v) is 5.32. The first-order valence-electron chi connectivity index (χ1n) is 7.18. The number of carbonyl (C=O) groups is 2. The van der Waals surface area contributed by atoms with Gasteiger partial charge in [0.15, 0.2) is 5.75 Å². The molecule has 0 radical (unpaired) electrons. The fourth-order valence-corrected chi connectivity index (χ4v) is 2.87. The van der Waals surface area contributed by atoms with E-state index in [2.05, 4.69) is 0 Å². The van der Waals surface area contributed by atoms with Crippen molar-refractivity contribution in [3.05, 3.63) is 23.8 Å². The number of carboxylic acid groups (broad SMARTS) is 1. The number of likely N-dealkylation sites (tertiary alicyclic amines) is 1. The predicted molar refractivity (Wildman–Crippen MR) is 76.9 cm³/mol. The molecule has 0 aromatic heterocycles. The third-order valence-corrected chi connectivity index (χ3v) is 3.96. The number of para-hydroxylation sites is 1. The fourth-order valence-electron chi connectivity index (χ4n) is 2.87. The van der Waals surface area contributed by atoms with Crippen LogP contribution in [-0.2, 0) is 4.79 Å². The van der Waals surface area contributed by atoms with Gasteiger partial charge in [-0.3, -0.25) is 4.79 Å². The van der Waals surface area contributed by atoms with Gasteiger partial charge in [-0.25, -0.2) is 4.79 Å². The second kappa shape index (κ2) is 5.63. The Morgan fingerprint density at radius 2 is 1.95 bits per heavy atom. The minimum Gasteiger partial charge on any atom is -0.489 e. The summed E-state index contributed by atoms with van der Waals surface area (Å²) in [5, 5.41) is 9.21. The first-order valence-corrected chi connectivity index (χ1v) is 7.18. The number of nitrogens with zero attached hydrogens (tertiary/aromatic N) is 2. The van der Waals surface area contributed by atoms with Gasteiger partial charge in [-0.15, -0.1) is 0 Å². The highest BCUT2D eigenvalue weighted by Gasteiger charge is 2.27. The number of amides is 1. The Labute approximate surface area is 122 Å². The van der Waals surface area contributed by atoms with Crippen molar-refractivity contribution < 1.29 is 19.4 Å². The third kappa shape index (κ3) is 2.66. The molecule has 6 nitrogen and oxygen atoms in total. The van der Waals surface area contributed by atoms with Gasteiger partial charge >= 0.3 is 5.97 Å². The molecular weight excluding hydrogens is 272 g/mol. The summed E-state index contributed by atoms with van der Waals surface area (Å²) in [6.07, 6.45) is 2.13. The summed E-state index contributed by atoms with van der Waals surface area (Å²) >= 11 is 0. The number of hydrogen-bond acceptors (Lipinski definition) is 4. The lowest BCUT2D eigenvalue weighted by Crippen LogP contribution is -2.42. The van der Waals surface area contributed by atoms with Crippen molar-refractivity contribution in [1.82, 2.24) is 4.90 Å². The predicted octanol–water partition coefficient (Wildman–Crippen LogP) is 1.21. The summed E-state index contributed by atoms with van der Waals surface area (Å²) in [6.45, 7) is 2.91. The van der Waals surface area contributed by atoms with Crippen LogP contribution in [0.15, 0.2) is 18.2 Å². The molecule has 1 N–H and O–H groups in total. The Kier molecular flexibility index (Phi) is 3.68. The summed E-state index contributed by atoms with van der Waals surface area (Å²) in [5.41, 5.74) is 0.833. The zero-order valence-corrected chi connectivity index (χ0v) is 11.7. The van der Waals surface area contributed by atoms with E-state index in [1.54, 1.807) is 12.1 Å². The molecule has 0 aliphatic carbocycles. The van der Waals surface area contributed by atoms with E-state index in [4.69, 9.17) is 4.74 Å². The molecule has 1 aromatic rings. The van der Waals surface area contributed by atoms with Crippen LogP contribution in [0, 0.1) is 0 Å². The van der Waals surface area contributed by atoms with Crippen LogP contribution >= 0.6 is 0 Å². The number of carbonyl (C=O) groups excluding carboxylic acids is 1. The molecule has 0 saturated carbocycles. The number of benzene rings is 1. The number of anilines is 1. The van der Waals surface area contributed by atoms with E-state index in [9.17, 15) is 14.7 Å². The number of rotatable bonds is 3. The molecule has 1 aromatic carbocycles. The Bertz CT molecular complexity index is 567. The van der Waals surface area contributed by atoms with Gasteiger partial charge in [0.25, 0.3) is 0 Å². The van der Waals surface area contributed by atoms with Gasteiger partial charge in [0.05, 0.1) is 18.8 Å². The Morgan fingerprint density at radius 3 is 2.67 bits per heavy atom.